The number of ether oxygens (including phenoxy) is 1. The minimum Gasteiger partial charge on any atom is -0.481 e. The molecule has 0 spiro atoms. The van der Waals surface area contributed by atoms with E-state index in [1.165, 1.54) is 4.90 Å². The Balaban J connectivity index is 1.25. The van der Waals surface area contributed by atoms with Gasteiger partial charge in [0.25, 0.3) is 0 Å². The van der Waals surface area contributed by atoms with Gasteiger partial charge in [-0.3, -0.25) is 9.59 Å². The van der Waals surface area contributed by atoms with Crippen LogP contribution in [0.2, 0.25) is 0 Å². The van der Waals surface area contributed by atoms with Gasteiger partial charge in [0.05, 0.1) is 17.9 Å². The predicted molar refractivity (Wildman–Crippen MR) is 125 cm³/mol. The molecule has 2 unspecified atom stereocenters. The summed E-state index contributed by atoms with van der Waals surface area (Å²) in [6.07, 6.45) is -0.837. The molecule has 0 bridgehead atoms. The smallest absolute Gasteiger partial charge is 0.407 e. The van der Waals surface area contributed by atoms with Crippen molar-refractivity contribution in [3.05, 3.63) is 59.7 Å². The summed E-state index contributed by atoms with van der Waals surface area (Å²) >= 11 is 0. The lowest BCUT2D eigenvalue weighted by molar-refractivity contribution is -0.153. The minimum absolute atomic E-state index is 0.0627. The lowest BCUT2D eigenvalue weighted by Gasteiger charge is -2.37. The Morgan fingerprint density at radius 3 is 2.35 bits per heavy atom. The zero-order chi connectivity index (χ0) is 24.3. The molecule has 3 N–H and O–H groups in total. The van der Waals surface area contributed by atoms with E-state index in [0.717, 1.165) is 22.3 Å². The summed E-state index contributed by atoms with van der Waals surface area (Å²) in [6, 6.07) is 16.1. The standard InChI is InChI=1S/C26H30N2O6/c1-26(24(31)32)11-6-12-28(16-26)23(30)13-17(29)14-27-25(33)34-15-22-20-9-4-2-7-18(20)19-8-3-5-10-21(19)22/h2-5,7-10,17,22,29H,6,11-16H2,1H3,(H,27,33)(H,31,32). The van der Waals surface area contributed by atoms with Crippen molar-refractivity contribution in [1.82, 2.24) is 10.2 Å². The molecular formula is C26H30N2O6. The van der Waals surface area contributed by atoms with Gasteiger partial charge in [0.15, 0.2) is 0 Å². The molecule has 1 saturated heterocycles. The number of nitrogens with zero attached hydrogens (tertiary/aromatic N) is 1. The van der Waals surface area contributed by atoms with Crippen LogP contribution in [-0.2, 0) is 14.3 Å². The maximum absolute atomic E-state index is 12.5. The molecule has 8 nitrogen and oxygen atoms in total. The number of carbonyl (C=O) groups excluding carboxylic acids is 2. The van der Waals surface area contributed by atoms with Crippen molar-refractivity contribution in [2.45, 2.75) is 38.2 Å². The number of piperidine rings is 1. The molecule has 34 heavy (non-hydrogen) atoms. The fourth-order valence-electron chi connectivity index (χ4n) is 4.88. The Kier molecular flexibility index (Phi) is 6.88. The summed E-state index contributed by atoms with van der Waals surface area (Å²) < 4.78 is 5.44. The van der Waals surface area contributed by atoms with E-state index in [1.54, 1.807) is 6.92 Å². The number of aliphatic hydroxyl groups excluding tert-OH is 1. The van der Waals surface area contributed by atoms with E-state index in [2.05, 4.69) is 17.4 Å². The molecule has 2 aliphatic rings. The monoisotopic (exact) mass is 466 g/mol. The average Bonchev–Trinajstić information content (AvgIpc) is 3.15. The third-order valence-corrected chi connectivity index (χ3v) is 6.80. The van der Waals surface area contributed by atoms with E-state index >= 15 is 0 Å². The normalized spacial score (nSPS) is 20.2. The van der Waals surface area contributed by atoms with Gasteiger partial charge < -0.3 is 25.2 Å². The molecule has 1 fully saturated rings. The highest BCUT2D eigenvalue weighted by Crippen LogP contribution is 2.44. The lowest BCUT2D eigenvalue weighted by atomic mass is 9.82. The van der Waals surface area contributed by atoms with Gasteiger partial charge in [-0.1, -0.05) is 48.5 Å². The molecule has 2 aromatic carbocycles. The quantitative estimate of drug-likeness (QED) is 0.578. The zero-order valence-electron chi connectivity index (χ0n) is 19.2. The van der Waals surface area contributed by atoms with Crippen molar-refractivity contribution in [3.63, 3.8) is 0 Å². The van der Waals surface area contributed by atoms with Gasteiger partial charge in [-0.05, 0) is 42.0 Å². The largest absolute Gasteiger partial charge is 0.481 e. The van der Waals surface area contributed by atoms with Crippen molar-refractivity contribution in [2.75, 3.05) is 26.2 Å². The highest BCUT2D eigenvalue weighted by atomic mass is 16.5. The van der Waals surface area contributed by atoms with Crippen LogP contribution in [-0.4, -0.2) is 65.4 Å². The molecule has 1 heterocycles. The van der Waals surface area contributed by atoms with Crippen LogP contribution in [0, 0.1) is 5.41 Å². The number of amides is 2. The summed E-state index contributed by atoms with van der Waals surface area (Å²) in [4.78, 5) is 37.8. The first-order valence-electron chi connectivity index (χ1n) is 11.6. The number of carboxylic acid groups (broad SMARTS) is 1. The Bertz CT molecular complexity index is 1040. The van der Waals surface area contributed by atoms with Gasteiger partial charge in [0.1, 0.15) is 6.61 Å². The number of aliphatic carboxylic acids is 1. The van der Waals surface area contributed by atoms with Crippen molar-refractivity contribution in [3.8, 4) is 11.1 Å². The van der Waals surface area contributed by atoms with Gasteiger partial charge >= 0.3 is 12.1 Å². The van der Waals surface area contributed by atoms with Gasteiger partial charge in [-0.15, -0.1) is 0 Å². The number of hydrogen-bond acceptors (Lipinski definition) is 5. The van der Waals surface area contributed by atoms with Crippen LogP contribution in [0.15, 0.2) is 48.5 Å². The van der Waals surface area contributed by atoms with Gasteiger partial charge in [-0.2, -0.15) is 0 Å². The van der Waals surface area contributed by atoms with Crippen LogP contribution < -0.4 is 5.32 Å². The second-order valence-electron chi connectivity index (χ2n) is 9.35. The summed E-state index contributed by atoms with van der Waals surface area (Å²) in [6.45, 7) is 2.24. The molecule has 2 atom stereocenters. The second kappa shape index (κ2) is 9.85. The fourth-order valence-corrected chi connectivity index (χ4v) is 4.88. The van der Waals surface area contributed by atoms with Crippen LogP contribution in [0.5, 0.6) is 0 Å². The van der Waals surface area contributed by atoms with Crippen molar-refractivity contribution in [1.29, 1.82) is 0 Å². The highest BCUT2D eigenvalue weighted by Gasteiger charge is 2.39. The third kappa shape index (κ3) is 4.92. The number of alkyl carbamates (subject to hydrolysis) is 1. The van der Waals surface area contributed by atoms with Crippen LogP contribution in [0.1, 0.15) is 43.2 Å². The molecule has 1 aliphatic heterocycles. The molecule has 2 amide bonds. The Labute approximate surface area is 198 Å². The first-order chi connectivity index (χ1) is 16.3. The van der Waals surface area contributed by atoms with Crippen LogP contribution >= 0.6 is 0 Å². The molecule has 8 heteroatoms. The molecule has 0 radical (unpaired) electrons. The van der Waals surface area contributed by atoms with Gasteiger partial charge in [0, 0.05) is 25.6 Å². The average molecular weight is 467 g/mol. The summed E-state index contributed by atoms with van der Waals surface area (Å²) in [7, 11) is 0. The van der Waals surface area contributed by atoms with Crippen LogP contribution in [0.4, 0.5) is 4.79 Å². The number of aliphatic hydroxyl groups is 1. The molecule has 0 aromatic heterocycles. The number of likely N-dealkylation sites (tertiary alicyclic amines) is 1. The fraction of sp³-hybridized carbons (Fsp3) is 0.423. The first-order valence-corrected chi connectivity index (χ1v) is 11.6. The van der Waals surface area contributed by atoms with Crippen LogP contribution in [0.3, 0.4) is 0 Å². The maximum atomic E-state index is 12.5. The summed E-state index contributed by atoms with van der Waals surface area (Å²) in [5.41, 5.74) is 3.52. The lowest BCUT2D eigenvalue weighted by Crippen LogP contribution is -2.49. The number of rotatable bonds is 7. The van der Waals surface area contributed by atoms with Crippen molar-refractivity contribution >= 4 is 18.0 Å². The Morgan fingerprint density at radius 2 is 1.74 bits per heavy atom. The number of carbonyl (C=O) groups is 3. The molecule has 1 aliphatic carbocycles. The van der Waals surface area contributed by atoms with E-state index in [0.29, 0.717) is 19.4 Å². The van der Waals surface area contributed by atoms with Gasteiger partial charge in [0.2, 0.25) is 5.91 Å². The number of benzene rings is 2. The molecular weight excluding hydrogens is 436 g/mol. The predicted octanol–water partition coefficient (Wildman–Crippen LogP) is 2.99. The topological polar surface area (TPSA) is 116 Å². The van der Waals surface area contributed by atoms with E-state index in [4.69, 9.17) is 4.74 Å². The second-order valence-corrected chi connectivity index (χ2v) is 9.35. The molecule has 180 valence electrons. The molecule has 2 aromatic rings. The number of carboxylic acids is 1. The maximum Gasteiger partial charge on any atom is 0.407 e. The third-order valence-electron chi connectivity index (χ3n) is 6.80. The zero-order valence-corrected chi connectivity index (χ0v) is 19.2. The summed E-state index contributed by atoms with van der Waals surface area (Å²) in [5.74, 6) is -1.32. The SMILES string of the molecule is CC1(C(=O)O)CCCN(C(=O)CC(O)CNC(=O)OCC2c3ccccc3-c3ccccc32)C1. The van der Waals surface area contributed by atoms with Crippen molar-refractivity contribution < 1.29 is 29.3 Å². The number of nitrogens with one attached hydrogen (secondary N) is 1. The van der Waals surface area contributed by atoms with E-state index in [-0.39, 0.29) is 37.9 Å². The highest BCUT2D eigenvalue weighted by molar-refractivity contribution is 5.80. The Morgan fingerprint density at radius 1 is 1.12 bits per heavy atom. The first kappa shape index (κ1) is 23.8. The van der Waals surface area contributed by atoms with Crippen LogP contribution in [0.25, 0.3) is 11.1 Å². The number of fused-ring (bicyclic) bond motifs is 3. The van der Waals surface area contributed by atoms with E-state index in [9.17, 15) is 24.6 Å². The minimum atomic E-state index is -1.09. The van der Waals surface area contributed by atoms with Gasteiger partial charge in [-0.25, -0.2) is 4.79 Å². The Hall–Kier alpha value is -3.39. The van der Waals surface area contributed by atoms with Crippen molar-refractivity contribution in [2.24, 2.45) is 5.41 Å². The van der Waals surface area contributed by atoms with E-state index < -0.39 is 23.6 Å². The van der Waals surface area contributed by atoms with E-state index in [1.807, 2.05) is 36.4 Å². The summed E-state index contributed by atoms with van der Waals surface area (Å²) in [5, 5.41) is 22.2. The number of hydrogen-bond donors (Lipinski definition) is 3. The molecule has 4 rings (SSSR count). The molecule has 0 saturated carbocycles.